The summed E-state index contributed by atoms with van der Waals surface area (Å²) in [7, 11) is 1.51. The Labute approximate surface area is 124 Å². The van der Waals surface area contributed by atoms with Crippen molar-refractivity contribution in [3.63, 3.8) is 0 Å². The number of nitrogens with one attached hydrogen (secondary N) is 1. The molecule has 0 fully saturated rings. The van der Waals surface area contributed by atoms with Crippen LogP contribution >= 0.6 is 11.6 Å². The van der Waals surface area contributed by atoms with Gasteiger partial charge in [-0.3, -0.25) is 4.79 Å². The van der Waals surface area contributed by atoms with Crippen LogP contribution in [0, 0.1) is 0 Å². The van der Waals surface area contributed by atoms with Crippen molar-refractivity contribution in [3.8, 4) is 11.5 Å². The number of rotatable bonds is 6. The molecular weight excluding hydrogens is 280 g/mol. The SMILES string of the molecule is COc1cc(CN)cc(Cl)c1OC(C)C(=O)NC(C)C. The summed E-state index contributed by atoms with van der Waals surface area (Å²) in [5.41, 5.74) is 6.41. The van der Waals surface area contributed by atoms with Crippen molar-refractivity contribution >= 4 is 17.5 Å². The first-order valence-electron chi connectivity index (χ1n) is 6.42. The van der Waals surface area contributed by atoms with Crippen molar-refractivity contribution in [2.45, 2.75) is 39.5 Å². The van der Waals surface area contributed by atoms with Crippen molar-refractivity contribution in [2.24, 2.45) is 5.73 Å². The predicted octanol–water partition coefficient (Wildman–Crippen LogP) is 2.10. The highest BCUT2D eigenvalue weighted by molar-refractivity contribution is 6.32. The number of benzene rings is 1. The Balaban J connectivity index is 2.94. The fourth-order valence-electron chi connectivity index (χ4n) is 1.64. The number of amides is 1. The highest BCUT2D eigenvalue weighted by Gasteiger charge is 2.20. The number of halogens is 1. The van der Waals surface area contributed by atoms with Crippen LogP contribution < -0.4 is 20.5 Å². The van der Waals surface area contributed by atoms with Gasteiger partial charge in [0.2, 0.25) is 0 Å². The molecule has 1 rings (SSSR count). The first-order valence-corrected chi connectivity index (χ1v) is 6.80. The van der Waals surface area contributed by atoms with Crippen LogP contribution in [-0.4, -0.2) is 25.2 Å². The smallest absolute Gasteiger partial charge is 0.260 e. The fourth-order valence-corrected chi connectivity index (χ4v) is 1.92. The molecule has 0 saturated carbocycles. The quantitative estimate of drug-likeness (QED) is 0.844. The van der Waals surface area contributed by atoms with E-state index in [0.29, 0.717) is 23.1 Å². The van der Waals surface area contributed by atoms with Gasteiger partial charge in [-0.25, -0.2) is 0 Å². The second-order valence-corrected chi connectivity index (χ2v) is 5.14. The normalized spacial score (nSPS) is 12.2. The van der Waals surface area contributed by atoms with Gasteiger partial charge < -0.3 is 20.5 Å². The van der Waals surface area contributed by atoms with E-state index >= 15 is 0 Å². The predicted molar refractivity (Wildman–Crippen MR) is 79.3 cm³/mol. The Kier molecular flexibility index (Phi) is 6.10. The largest absolute Gasteiger partial charge is 0.493 e. The van der Waals surface area contributed by atoms with Crippen molar-refractivity contribution in [3.05, 3.63) is 22.7 Å². The van der Waals surface area contributed by atoms with E-state index in [1.807, 2.05) is 13.8 Å². The standard InChI is InChI=1S/C14H21ClN2O3/c1-8(2)17-14(18)9(3)20-13-11(15)5-10(7-16)6-12(13)19-4/h5-6,8-9H,7,16H2,1-4H3,(H,17,18). The molecule has 1 aromatic rings. The minimum atomic E-state index is -0.674. The molecule has 0 spiro atoms. The van der Waals surface area contributed by atoms with Crippen LogP contribution in [0.1, 0.15) is 26.3 Å². The van der Waals surface area contributed by atoms with Crippen LogP contribution in [0.25, 0.3) is 0 Å². The molecule has 5 nitrogen and oxygen atoms in total. The molecule has 3 N–H and O–H groups in total. The van der Waals surface area contributed by atoms with Crippen LogP contribution in [0.2, 0.25) is 5.02 Å². The fraction of sp³-hybridized carbons (Fsp3) is 0.500. The Morgan fingerprint density at radius 1 is 1.40 bits per heavy atom. The van der Waals surface area contributed by atoms with Crippen molar-refractivity contribution in [1.82, 2.24) is 5.32 Å². The molecule has 1 aromatic carbocycles. The van der Waals surface area contributed by atoms with Crippen molar-refractivity contribution in [1.29, 1.82) is 0 Å². The molecule has 1 unspecified atom stereocenters. The third kappa shape index (κ3) is 4.28. The molecule has 112 valence electrons. The second kappa shape index (κ2) is 7.36. The zero-order valence-corrected chi connectivity index (χ0v) is 13.0. The van der Waals surface area contributed by atoms with Crippen LogP contribution in [0.3, 0.4) is 0 Å². The molecule has 0 aliphatic rings. The zero-order chi connectivity index (χ0) is 15.3. The number of nitrogens with two attached hydrogens (primary N) is 1. The van der Waals surface area contributed by atoms with Crippen molar-refractivity contribution < 1.29 is 14.3 Å². The summed E-state index contributed by atoms with van der Waals surface area (Å²) >= 11 is 6.15. The molecule has 0 radical (unpaired) electrons. The van der Waals surface area contributed by atoms with Crippen LogP contribution in [0.5, 0.6) is 11.5 Å². The van der Waals surface area contributed by atoms with Gasteiger partial charge >= 0.3 is 0 Å². The lowest BCUT2D eigenvalue weighted by Crippen LogP contribution is -2.40. The van der Waals surface area contributed by atoms with Gasteiger partial charge in [-0.2, -0.15) is 0 Å². The van der Waals surface area contributed by atoms with Crippen LogP contribution in [0.15, 0.2) is 12.1 Å². The van der Waals surface area contributed by atoms with E-state index in [1.165, 1.54) is 7.11 Å². The lowest BCUT2D eigenvalue weighted by Gasteiger charge is -2.19. The summed E-state index contributed by atoms with van der Waals surface area (Å²) < 4.78 is 10.9. The van der Waals surface area contributed by atoms with E-state index in [2.05, 4.69) is 5.32 Å². The summed E-state index contributed by atoms with van der Waals surface area (Å²) in [5, 5.41) is 3.14. The molecule has 0 aliphatic carbocycles. The second-order valence-electron chi connectivity index (χ2n) is 4.74. The number of carbonyl (C=O) groups is 1. The van der Waals surface area contributed by atoms with Gasteiger partial charge in [0.1, 0.15) is 0 Å². The number of ether oxygens (including phenoxy) is 2. The molecule has 1 amide bonds. The number of methoxy groups -OCH3 is 1. The monoisotopic (exact) mass is 300 g/mol. The van der Waals surface area contributed by atoms with Crippen LogP contribution in [-0.2, 0) is 11.3 Å². The third-order valence-electron chi connectivity index (χ3n) is 2.62. The highest BCUT2D eigenvalue weighted by atomic mass is 35.5. The maximum absolute atomic E-state index is 11.9. The van der Waals surface area contributed by atoms with Crippen LogP contribution in [0.4, 0.5) is 0 Å². The zero-order valence-electron chi connectivity index (χ0n) is 12.2. The topological polar surface area (TPSA) is 73.6 Å². The molecule has 0 saturated heterocycles. The highest BCUT2D eigenvalue weighted by Crippen LogP contribution is 2.37. The lowest BCUT2D eigenvalue weighted by molar-refractivity contribution is -0.127. The third-order valence-corrected chi connectivity index (χ3v) is 2.90. The molecule has 6 heteroatoms. The van der Waals surface area contributed by atoms with Gasteiger partial charge in [-0.1, -0.05) is 11.6 Å². The molecule has 20 heavy (non-hydrogen) atoms. The Bertz CT molecular complexity index is 478. The van der Waals surface area contributed by atoms with E-state index in [1.54, 1.807) is 19.1 Å². The Hall–Kier alpha value is -1.46. The average Bonchev–Trinajstić information content (AvgIpc) is 2.39. The van der Waals surface area contributed by atoms with Gasteiger partial charge in [-0.15, -0.1) is 0 Å². The minimum Gasteiger partial charge on any atom is -0.493 e. The molecule has 0 aliphatic heterocycles. The average molecular weight is 301 g/mol. The van der Waals surface area contributed by atoms with Gasteiger partial charge in [0.05, 0.1) is 12.1 Å². The Morgan fingerprint density at radius 3 is 2.55 bits per heavy atom. The molecule has 0 heterocycles. The summed E-state index contributed by atoms with van der Waals surface area (Å²) in [6.45, 7) is 5.77. The summed E-state index contributed by atoms with van der Waals surface area (Å²) in [4.78, 5) is 11.9. The molecule has 1 atom stereocenters. The van der Waals surface area contributed by atoms with E-state index in [-0.39, 0.29) is 11.9 Å². The van der Waals surface area contributed by atoms with E-state index in [4.69, 9.17) is 26.8 Å². The van der Waals surface area contributed by atoms with Crippen molar-refractivity contribution in [2.75, 3.05) is 7.11 Å². The molecule has 0 aromatic heterocycles. The van der Waals surface area contributed by atoms with Gasteiger partial charge in [-0.05, 0) is 38.5 Å². The summed E-state index contributed by atoms with van der Waals surface area (Å²) in [5.74, 6) is 0.598. The van der Waals surface area contributed by atoms with Gasteiger partial charge in [0.15, 0.2) is 17.6 Å². The van der Waals surface area contributed by atoms with Gasteiger partial charge in [0.25, 0.3) is 5.91 Å². The maximum atomic E-state index is 11.9. The Morgan fingerprint density at radius 2 is 2.05 bits per heavy atom. The maximum Gasteiger partial charge on any atom is 0.260 e. The summed E-state index contributed by atoms with van der Waals surface area (Å²) in [6, 6.07) is 3.49. The van der Waals surface area contributed by atoms with E-state index < -0.39 is 6.10 Å². The molecular formula is C14H21ClN2O3. The lowest BCUT2D eigenvalue weighted by atomic mass is 10.2. The summed E-state index contributed by atoms with van der Waals surface area (Å²) in [6.07, 6.45) is -0.674. The minimum absolute atomic E-state index is 0.0468. The van der Waals surface area contributed by atoms with E-state index in [0.717, 1.165) is 5.56 Å². The first kappa shape index (κ1) is 16.6. The van der Waals surface area contributed by atoms with Gasteiger partial charge in [0, 0.05) is 12.6 Å². The number of carbonyl (C=O) groups excluding carboxylic acids is 1. The van der Waals surface area contributed by atoms with E-state index in [9.17, 15) is 4.79 Å². The number of hydrogen-bond donors (Lipinski definition) is 2. The molecule has 0 bridgehead atoms. The first-order chi connectivity index (χ1) is 9.38. The number of hydrogen-bond acceptors (Lipinski definition) is 4.